The molecule has 0 saturated carbocycles. The van der Waals surface area contributed by atoms with Gasteiger partial charge >= 0.3 is 5.69 Å². The van der Waals surface area contributed by atoms with Gasteiger partial charge in [0.15, 0.2) is 0 Å². The van der Waals surface area contributed by atoms with E-state index in [0.29, 0.717) is 11.1 Å². The number of nitro benzene ring substituents is 1. The summed E-state index contributed by atoms with van der Waals surface area (Å²) in [5.74, 6) is 5.80. The first kappa shape index (κ1) is 14.7. The molecule has 21 heavy (non-hydrogen) atoms. The molecule has 8 nitrogen and oxygen atoms in total. The number of aromatic nitrogens is 2. The Morgan fingerprint density at radius 1 is 1.29 bits per heavy atom. The van der Waals surface area contributed by atoms with Crippen LogP contribution in [0.5, 0.6) is 11.6 Å². The molecule has 0 spiro atoms. The van der Waals surface area contributed by atoms with Gasteiger partial charge in [-0.05, 0) is 31.9 Å². The van der Waals surface area contributed by atoms with Crippen LogP contribution in [0.2, 0.25) is 0 Å². The molecule has 110 valence electrons. The minimum Gasteiger partial charge on any atom is -0.431 e. The number of rotatable bonds is 4. The first-order chi connectivity index (χ1) is 9.92. The molecule has 2 aromatic rings. The minimum atomic E-state index is -0.478. The zero-order valence-corrected chi connectivity index (χ0v) is 11.9. The Balaban J connectivity index is 2.51. The largest absolute Gasteiger partial charge is 0.431 e. The Bertz CT molecular complexity index is 702. The van der Waals surface area contributed by atoms with E-state index < -0.39 is 4.92 Å². The lowest BCUT2D eigenvalue weighted by Gasteiger charge is -2.11. The quantitative estimate of drug-likeness (QED) is 0.504. The van der Waals surface area contributed by atoms with Gasteiger partial charge in [0.2, 0.25) is 17.6 Å². The molecule has 8 heteroatoms. The SMILES string of the molecule is Cc1cc(C)c(Oc2nc(NN)ncc2C)c([N+](=O)[O-])c1. The minimum absolute atomic E-state index is 0.104. The van der Waals surface area contributed by atoms with Crippen LogP contribution in [0.25, 0.3) is 0 Å². The number of hydrogen-bond acceptors (Lipinski definition) is 7. The number of aryl methyl sites for hydroxylation is 3. The summed E-state index contributed by atoms with van der Waals surface area (Å²) in [6.07, 6.45) is 1.52. The van der Waals surface area contributed by atoms with Gasteiger partial charge in [0.05, 0.1) is 4.92 Å². The number of hydrazine groups is 1. The summed E-state index contributed by atoms with van der Waals surface area (Å²) < 4.78 is 5.64. The standard InChI is InChI=1S/C13H15N5O3/c1-7-4-8(2)11(10(5-7)18(19)20)21-12-9(3)6-15-13(16-12)17-14/h4-6H,14H2,1-3H3,(H,15,16,17). The number of nitrogens with one attached hydrogen (secondary N) is 1. The fourth-order valence-electron chi connectivity index (χ4n) is 1.90. The predicted octanol–water partition coefficient (Wildman–Crippen LogP) is 2.39. The van der Waals surface area contributed by atoms with E-state index in [4.69, 9.17) is 10.6 Å². The van der Waals surface area contributed by atoms with Gasteiger partial charge in [0.25, 0.3) is 0 Å². The summed E-state index contributed by atoms with van der Waals surface area (Å²) in [5, 5.41) is 11.2. The lowest BCUT2D eigenvalue weighted by atomic mass is 10.1. The normalized spacial score (nSPS) is 10.3. The fourth-order valence-corrected chi connectivity index (χ4v) is 1.90. The van der Waals surface area contributed by atoms with Crippen molar-refractivity contribution in [1.82, 2.24) is 9.97 Å². The van der Waals surface area contributed by atoms with Crippen LogP contribution < -0.4 is 16.0 Å². The molecule has 1 aromatic carbocycles. The van der Waals surface area contributed by atoms with Gasteiger partial charge in [0.1, 0.15) is 0 Å². The summed E-state index contributed by atoms with van der Waals surface area (Å²) in [6.45, 7) is 5.27. The summed E-state index contributed by atoms with van der Waals surface area (Å²) in [7, 11) is 0. The van der Waals surface area contributed by atoms with Gasteiger partial charge in [-0.1, -0.05) is 6.07 Å². The Labute approximate surface area is 121 Å². The monoisotopic (exact) mass is 289 g/mol. The molecular weight excluding hydrogens is 274 g/mol. The van der Waals surface area contributed by atoms with Crippen molar-refractivity contribution in [2.24, 2.45) is 5.84 Å². The maximum absolute atomic E-state index is 11.2. The molecule has 0 atom stereocenters. The summed E-state index contributed by atoms with van der Waals surface area (Å²) in [5.41, 5.74) is 4.29. The summed E-state index contributed by atoms with van der Waals surface area (Å²) in [6, 6.07) is 3.27. The van der Waals surface area contributed by atoms with Gasteiger partial charge in [-0.3, -0.25) is 15.5 Å². The molecule has 0 saturated heterocycles. The van der Waals surface area contributed by atoms with Crippen LogP contribution in [0.4, 0.5) is 11.6 Å². The number of hydrogen-bond donors (Lipinski definition) is 2. The van der Waals surface area contributed by atoms with Crippen molar-refractivity contribution in [3.63, 3.8) is 0 Å². The van der Waals surface area contributed by atoms with Crippen LogP contribution in [0, 0.1) is 30.9 Å². The van der Waals surface area contributed by atoms with Crippen molar-refractivity contribution < 1.29 is 9.66 Å². The number of benzene rings is 1. The number of nitrogens with two attached hydrogens (primary N) is 1. The Morgan fingerprint density at radius 3 is 2.62 bits per heavy atom. The predicted molar refractivity (Wildman–Crippen MR) is 77.2 cm³/mol. The average Bonchev–Trinajstić information content (AvgIpc) is 2.43. The highest BCUT2D eigenvalue weighted by Gasteiger charge is 2.20. The van der Waals surface area contributed by atoms with Crippen LogP contribution in [0.3, 0.4) is 0 Å². The molecule has 0 aliphatic carbocycles. The summed E-state index contributed by atoms with van der Waals surface area (Å²) >= 11 is 0. The topological polar surface area (TPSA) is 116 Å². The molecule has 0 amide bonds. The molecule has 0 fully saturated rings. The molecular formula is C13H15N5O3. The first-order valence-electron chi connectivity index (χ1n) is 6.16. The molecule has 1 aromatic heterocycles. The maximum Gasteiger partial charge on any atom is 0.312 e. The van der Waals surface area contributed by atoms with Gasteiger partial charge in [-0.2, -0.15) is 4.98 Å². The molecule has 3 N–H and O–H groups in total. The Morgan fingerprint density at radius 2 is 2.00 bits per heavy atom. The number of anilines is 1. The van der Waals surface area contributed by atoms with E-state index in [9.17, 15) is 10.1 Å². The van der Waals surface area contributed by atoms with Gasteiger partial charge in [-0.15, -0.1) is 0 Å². The molecule has 0 aliphatic rings. The number of ether oxygens (including phenoxy) is 1. The Kier molecular flexibility index (Phi) is 3.99. The smallest absolute Gasteiger partial charge is 0.312 e. The number of nitrogen functional groups attached to an aromatic ring is 1. The molecule has 0 bridgehead atoms. The lowest BCUT2D eigenvalue weighted by molar-refractivity contribution is -0.385. The van der Waals surface area contributed by atoms with Gasteiger partial charge < -0.3 is 4.74 Å². The van der Waals surface area contributed by atoms with Crippen molar-refractivity contribution in [2.45, 2.75) is 20.8 Å². The highest BCUT2D eigenvalue weighted by molar-refractivity contribution is 5.55. The van der Waals surface area contributed by atoms with Crippen molar-refractivity contribution in [3.05, 3.63) is 45.1 Å². The fraction of sp³-hybridized carbons (Fsp3) is 0.231. The second-order valence-corrected chi connectivity index (χ2v) is 4.62. The maximum atomic E-state index is 11.2. The zero-order chi connectivity index (χ0) is 15.6. The van der Waals surface area contributed by atoms with Crippen molar-refractivity contribution in [2.75, 3.05) is 5.43 Å². The number of nitro groups is 1. The third-order valence-corrected chi connectivity index (χ3v) is 2.85. The first-order valence-corrected chi connectivity index (χ1v) is 6.16. The van der Waals surface area contributed by atoms with Gasteiger partial charge in [-0.25, -0.2) is 10.8 Å². The van der Waals surface area contributed by atoms with Gasteiger partial charge in [0, 0.05) is 17.8 Å². The van der Waals surface area contributed by atoms with E-state index in [0.717, 1.165) is 5.56 Å². The van der Waals surface area contributed by atoms with Crippen molar-refractivity contribution in [1.29, 1.82) is 0 Å². The van der Waals surface area contributed by atoms with Crippen molar-refractivity contribution >= 4 is 11.6 Å². The highest BCUT2D eigenvalue weighted by Crippen LogP contribution is 2.36. The van der Waals surface area contributed by atoms with Crippen molar-refractivity contribution in [3.8, 4) is 11.6 Å². The zero-order valence-electron chi connectivity index (χ0n) is 11.9. The summed E-state index contributed by atoms with van der Waals surface area (Å²) in [4.78, 5) is 18.7. The Hall–Kier alpha value is -2.74. The molecule has 1 heterocycles. The van der Waals surface area contributed by atoms with Crippen LogP contribution in [0.15, 0.2) is 18.3 Å². The third-order valence-electron chi connectivity index (χ3n) is 2.85. The van der Waals surface area contributed by atoms with E-state index in [1.807, 2.05) is 0 Å². The molecule has 2 rings (SSSR count). The molecule has 0 unspecified atom stereocenters. The average molecular weight is 289 g/mol. The van der Waals surface area contributed by atoms with E-state index >= 15 is 0 Å². The van der Waals surface area contributed by atoms with E-state index in [1.54, 1.807) is 26.8 Å². The third kappa shape index (κ3) is 3.06. The second kappa shape index (κ2) is 5.71. The number of nitrogens with zero attached hydrogens (tertiary/aromatic N) is 3. The second-order valence-electron chi connectivity index (χ2n) is 4.62. The van der Waals surface area contributed by atoms with Crippen LogP contribution >= 0.6 is 0 Å². The molecule has 0 radical (unpaired) electrons. The van der Waals surface area contributed by atoms with E-state index in [1.165, 1.54) is 12.3 Å². The molecule has 0 aliphatic heterocycles. The van der Waals surface area contributed by atoms with E-state index in [-0.39, 0.29) is 23.3 Å². The highest BCUT2D eigenvalue weighted by atomic mass is 16.6. The van der Waals surface area contributed by atoms with E-state index in [2.05, 4.69) is 15.4 Å². The van der Waals surface area contributed by atoms with Crippen LogP contribution in [0.1, 0.15) is 16.7 Å². The lowest BCUT2D eigenvalue weighted by Crippen LogP contribution is -2.11. The van der Waals surface area contributed by atoms with Crippen LogP contribution in [-0.2, 0) is 0 Å². The van der Waals surface area contributed by atoms with Crippen LogP contribution in [-0.4, -0.2) is 14.9 Å².